The summed E-state index contributed by atoms with van der Waals surface area (Å²) in [5.41, 5.74) is 0. The fourth-order valence-electron chi connectivity index (χ4n) is 1.20. The zero-order chi connectivity index (χ0) is 13.3. The van der Waals surface area contributed by atoms with Crippen LogP contribution in [0.2, 0.25) is 0 Å². The van der Waals surface area contributed by atoms with E-state index in [4.69, 9.17) is 10.2 Å². The number of unbranched alkanes of at least 4 members (excludes halogenated alkanes) is 2. The van der Waals surface area contributed by atoms with E-state index in [2.05, 4.69) is 10.1 Å². The van der Waals surface area contributed by atoms with Gasteiger partial charge in [-0.1, -0.05) is 6.42 Å². The van der Waals surface area contributed by atoms with E-state index in [0.717, 1.165) is 0 Å². The average Bonchev–Trinajstić information content (AvgIpc) is 2.26. The lowest BCUT2D eigenvalue weighted by Gasteiger charge is -2.09. The predicted molar refractivity (Wildman–Crippen MR) is 57.5 cm³/mol. The number of methoxy groups -OCH3 is 1. The van der Waals surface area contributed by atoms with E-state index >= 15 is 0 Å². The molecule has 0 aliphatic carbocycles. The summed E-state index contributed by atoms with van der Waals surface area (Å²) in [7, 11) is 1.31. The highest BCUT2D eigenvalue weighted by Gasteiger charge is 2.24. The molecular formula is C10H17NO6. The highest BCUT2D eigenvalue weighted by atomic mass is 16.5. The first kappa shape index (κ1) is 15.4. The molecular weight excluding hydrogens is 230 g/mol. The van der Waals surface area contributed by atoms with E-state index < -0.39 is 18.0 Å². The maximum atomic E-state index is 10.7. The minimum atomic E-state index is -1.57. The number of aliphatic carboxylic acids is 2. The summed E-state index contributed by atoms with van der Waals surface area (Å²) in [6, 6.07) is -1.57. The molecule has 0 saturated carbocycles. The van der Waals surface area contributed by atoms with Crippen molar-refractivity contribution in [3.05, 3.63) is 0 Å². The lowest BCUT2D eigenvalue weighted by atomic mass is 10.2. The molecule has 0 unspecified atom stereocenters. The van der Waals surface area contributed by atoms with Gasteiger partial charge in [0, 0.05) is 6.42 Å². The Morgan fingerprint density at radius 3 is 2.18 bits per heavy atom. The molecule has 0 aromatic heterocycles. The number of esters is 1. The summed E-state index contributed by atoms with van der Waals surface area (Å²) < 4.78 is 4.45. The summed E-state index contributed by atoms with van der Waals surface area (Å²) >= 11 is 0. The van der Waals surface area contributed by atoms with Crippen LogP contribution in [-0.4, -0.2) is 47.8 Å². The lowest BCUT2D eigenvalue weighted by Crippen LogP contribution is -2.43. The Kier molecular flexibility index (Phi) is 7.70. The van der Waals surface area contributed by atoms with Crippen LogP contribution in [-0.2, 0) is 19.1 Å². The minimum absolute atomic E-state index is 0.282. The second kappa shape index (κ2) is 8.51. The Labute approximate surface area is 98.8 Å². The molecule has 0 bridgehead atoms. The normalized spacial score (nSPS) is 10.2. The topological polar surface area (TPSA) is 113 Å². The number of nitrogens with one attached hydrogen (secondary N) is 1. The Morgan fingerprint density at radius 1 is 1.12 bits per heavy atom. The van der Waals surface area contributed by atoms with Gasteiger partial charge in [-0.2, -0.15) is 0 Å². The van der Waals surface area contributed by atoms with Crippen molar-refractivity contribution in [2.75, 3.05) is 13.7 Å². The maximum absolute atomic E-state index is 10.7. The molecule has 0 aliphatic rings. The van der Waals surface area contributed by atoms with Gasteiger partial charge in [-0.3, -0.25) is 10.1 Å². The van der Waals surface area contributed by atoms with Crippen LogP contribution in [0.1, 0.15) is 25.7 Å². The molecule has 7 heteroatoms. The Balaban J connectivity index is 3.59. The highest BCUT2D eigenvalue weighted by Crippen LogP contribution is 2.00. The molecule has 0 aromatic carbocycles. The number of hydrogen-bond donors (Lipinski definition) is 3. The average molecular weight is 247 g/mol. The molecule has 0 spiro atoms. The van der Waals surface area contributed by atoms with E-state index in [0.29, 0.717) is 25.7 Å². The molecule has 7 nitrogen and oxygen atoms in total. The molecule has 0 fully saturated rings. The standard InChI is InChI=1S/C10H17NO6/c1-17-7(12)5-3-2-4-6-11-8(9(13)14)10(15)16/h8,11H,2-6H2,1H3,(H,13,14)(H,15,16). The monoisotopic (exact) mass is 247 g/mol. The van der Waals surface area contributed by atoms with Crippen molar-refractivity contribution >= 4 is 17.9 Å². The first-order valence-electron chi connectivity index (χ1n) is 5.25. The molecule has 3 N–H and O–H groups in total. The number of hydrogen-bond acceptors (Lipinski definition) is 5. The Hall–Kier alpha value is -1.63. The van der Waals surface area contributed by atoms with Gasteiger partial charge < -0.3 is 14.9 Å². The number of carboxylic acids is 2. The van der Waals surface area contributed by atoms with Crippen molar-refractivity contribution in [2.24, 2.45) is 0 Å². The number of rotatable bonds is 9. The summed E-state index contributed by atoms with van der Waals surface area (Å²) in [6.45, 7) is 0.282. The maximum Gasteiger partial charge on any atom is 0.332 e. The zero-order valence-corrected chi connectivity index (χ0v) is 9.64. The quantitative estimate of drug-likeness (QED) is 0.295. The van der Waals surface area contributed by atoms with Crippen molar-refractivity contribution in [1.29, 1.82) is 0 Å². The Bertz CT molecular complexity index is 264. The predicted octanol–water partition coefficient (Wildman–Crippen LogP) is -0.153. The van der Waals surface area contributed by atoms with Crippen LogP contribution >= 0.6 is 0 Å². The minimum Gasteiger partial charge on any atom is -0.480 e. The summed E-state index contributed by atoms with van der Waals surface area (Å²) in [5, 5.41) is 19.5. The molecule has 0 aromatic rings. The first-order chi connectivity index (χ1) is 7.99. The number of carboxylic acid groups (broad SMARTS) is 2. The first-order valence-corrected chi connectivity index (χ1v) is 5.25. The third kappa shape index (κ3) is 7.29. The largest absolute Gasteiger partial charge is 0.480 e. The molecule has 0 aliphatic heterocycles. The lowest BCUT2D eigenvalue weighted by molar-refractivity contribution is -0.151. The number of ether oxygens (including phenoxy) is 1. The third-order valence-electron chi connectivity index (χ3n) is 2.13. The summed E-state index contributed by atoms with van der Waals surface area (Å²) in [4.78, 5) is 31.7. The summed E-state index contributed by atoms with van der Waals surface area (Å²) in [6.07, 6.45) is 2.26. The van der Waals surface area contributed by atoms with Crippen LogP contribution < -0.4 is 5.32 Å². The van der Waals surface area contributed by atoms with Crippen molar-refractivity contribution in [3.8, 4) is 0 Å². The van der Waals surface area contributed by atoms with Crippen LogP contribution in [0.5, 0.6) is 0 Å². The molecule has 0 amide bonds. The van der Waals surface area contributed by atoms with Gasteiger partial charge in [0.25, 0.3) is 0 Å². The van der Waals surface area contributed by atoms with Gasteiger partial charge in [-0.25, -0.2) is 9.59 Å². The SMILES string of the molecule is COC(=O)CCCCCNC(C(=O)O)C(=O)O. The molecule has 0 heterocycles. The molecule has 0 rings (SSSR count). The number of carbonyl (C=O) groups excluding carboxylic acids is 1. The molecule has 0 radical (unpaired) electrons. The van der Waals surface area contributed by atoms with E-state index in [-0.39, 0.29) is 12.5 Å². The van der Waals surface area contributed by atoms with Gasteiger partial charge in [0.1, 0.15) is 0 Å². The van der Waals surface area contributed by atoms with Crippen LogP contribution in [0.4, 0.5) is 0 Å². The van der Waals surface area contributed by atoms with E-state index in [1.54, 1.807) is 0 Å². The molecule has 0 saturated heterocycles. The van der Waals surface area contributed by atoms with Gasteiger partial charge in [-0.15, -0.1) is 0 Å². The highest BCUT2D eigenvalue weighted by molar-refractivity contribution is 5.97. The van der Waals surface area contributed by atoms with Gasteiger partial charge in [0.2, 0.25) is 6.04 Å². The van der Waals surface area contributed by atoms with Gasteiger partial charge >= 0.3 is 17.9 Å². The second-order valence-corrected chi connectivity index (χ2v) is 3.45. The van der Waals surface area contributed by atoms with Gasteiger partial charge in [-0.05, 0) is 19.4 Å². The second-order valence-electron chi connectivity index (χ2n) is 3.45. The molecule has 0 atom stereocenters. The smallest absolute Gasteiger partial charge is 0.332 e. The van der Waals surface area contributed by atoms with Crippen molar-refractivity contribution in [1.82, 2.24) is 5.32 Å². The van der Waals surface area contributed by atoms with Crippen LogP contribution in [0.15, 0.2) is 0 Å². The van der Waals surface area contributed by atoms with Crippen LogP contribution in [0.3, 0.4) is 0 Å². The van der Waals surface area contributed by atoms with Gasteiger partial charge in [0.15, 0.2) is 0 Å². The van der Waals surface area contributed by atoms with Crippen molar-refractivity contribution < 1.29 is 29.3 Å². The third-order valence-corrected chi connectivity index (χ3v) is 2.13. The fraction of sp³-hybridized carbons (Fsp3) is 0.700. The van der Waals surface area contributed by atoms with Crippen molar-refractivity contribution in [2.45, 2.75) is 31.7 Å². The van der Waals surface area contributed by atoms with E-state index in [1.807, 2.05) is 0 Å². The number of carbonyl (C=O) groups is 3. The van der Waals surface area contributed by atoms with Gasteiger partial charge in [0.05, 0.1) is 7.11 Å². The molecule has 17 heavy (non-hydrogen) atoms. The van der Waals surface area contributed by atoms with Crippen LogP contribution in [0.25, 0.3) is 0 Å². The summed E-state index contributed by atoms with van der Waals surface area (Å²) in [5.74, 6) is -3.11. The Morgan fingerprint density at radius 2 is 1.71 bits per heavy atom. The van der Waals surface area contributed by atoms with E-state index in [9.17, 15) is 14.4 Å². The zero-order valence-electron chi connectivity index (χ0n) is 9.64. The van der Waals surface area contributed by atoms with E-state index in [1.165, 1.54) is 7.11 Å². The van der Waals surface area contributed by atoms with Crippen LogP contribution in [0, 0.1) is 0 Å². The molecule has 98 valence electrons. The fourth-order valence-corrected chi connectivity index (χ4v) is 1.20. The van der Waals surface area contributed by atoms with Crippen molar-refractivity contribution in [3.63, 3.8) is 0 Å².